The molecule has 0 saturated carbocycles. The van der Waals surface area contributed by atoms with Crippen molar-refractivity contribution in [2.75, 3.05) is 0 Å². The molecule has 0 amide bonds. The van der Waals surface area contributed by atoms with E-state index < -0.39 is 13.2 Å². The second-order valence-electron chi connectivity index (χ2n) is 4.27. The molecule has 1 unspecified atom stereocenters. The molecule has 1 aromatic rings. The van der Waals surface area contributed by atoms with Gasteiger partial charge in [0.2, 0.25) is 0 Å². The molecule has 0 heterocycles. The zero-order valence-electron chi connectivity index (χ0n) is 8.70. The van der Waals surface area contributed by atoms with Gasteiger partial charge in [0.1, 0.15) is 0 Å². The summed E-state index contributed by atoms with van der Waals surface area (Å²) in [7, 11) is -2.29. The van der Waals surface area contributed by atoms with Crippen molar-refractivity contribution in [2.45, 2.75) is 20.8 Å². The van der Waals surface area contributed by atoms with Crippen molar-refractivity contribution in [1.29, 1.82) is 0 Å². The first-order valence-corrected chi connectivity index (χ1v) is 5.98. The molecule has 0 aromatic heterocycles. The van der Waals surface area contributed by atoms with Crippen LogP contribution in [-0.2, 0) is 9.36 Å². The lowest BCUT2D eigenvalue weighted by Gasteiger charge is -2.15. The van der Waals surface area contributed by atoms with Crippen molar-refractivity contribution >= 4 is 18.6 Å². The first-order chi connectivity index (χ1) is 6.43. The SMILES string of the molecule is CC(C)(C)C(=O)[PH](=O)c1ccccc1. The zero-order valence-corrected chi connectivity index (χ0v) is 9.70. The Morgan fingerprint density at radius 1 is 1.14 bits per heavy atom. The van der Waals surface area contributed by atoms with Crippen LogP contribution in [0.4, 0.5) is 0 Å². The third-order valence-electron chi connectivity index (χ3n) is 1.92. The molecule has 0 bridgehead atoms. The van der Waals surface area contributed by atoms with Crippen LogP contribution in [0.2, 0.25) is 0 Å². The molecule has 1 aromatic carbocycles. The van der Waals surface area contributed by atoms with E-state index in [0.29, 0.717) is 5.30 Å². The van der Waals surface area contributed by atoms with E-state index in [4.69, 9.17) is 0 Å². The Morgan fingerprint density at radius 3 is 2.07 bits per heavy atom. The van der Waals surface area contributed by atoms with Crippen LogP contribution in [0.25, 0.3) is 0 Å². The van der Waals surface area contributed by atoms with Crippen molar-refractivity contribution in [2.24, 2.45) is 5.41 Å². The van der Waals surface area contributed by atoms with Crippen LogP contribution in [-0.4, -0.2) is 5.52 Å². The lowest BCUT2D eigenvalue weighted by Crippen LogP contribution is -2.19. The maximum absolute atomic E-state index is 11.8. The summed E-state index contributed by atoms with van der Waals surface area (Å²) in [4.78, 5) is 11.7. The number of carbonyl (C=O) groups is 1. The number of hydrogen-bond acceptors (Lipinski definition) is 2. The van der Waals surface area contributed by atoms with E-state index in [2.05, 4.69) is 0 Å². The van der Waals surface area contributed by atoms with Crippen molar-refractivity contribution in [3.63, 3.8) is 0 Å². The predicted octanol–water partition coefficient (Wildman–Crippen LogP) is 2.44. The van der Waals surface area contributed by atoms with E-state index in [9.17, 15) is 9.36 Å². The minimum absolute atomic E-state index is 0.159. The lowest BCUT2D eigenvalue weighted by molar-refractivity contribution is -0.118. The highest BCUT2D eigenvalue weighted by atomic mass is 31.1. The van der Waals surface area contributed by atoms with Crippen LogP contribution in [0.5, 0.6) is 0 Å². The average Bonchev–Trinajstić information content (AvgIpc) is 2.15. The summed E-state index contributed by atoms with van der Waals surface area (Å²) >= 11 is 0. The van der Waals surface area contributed by atoms with Crippen molar-refractivity contribution in [1.82, 2.24) is 0 Å². The Kier molecular flexibility index (Phi) is 3.28. The summed E-state index contributed by atoms with van der Waals surface area (Å²) < 4.78 is 11.8. The smallest absolute Gasteiger partial charge is 0.198 e. The second kappa shape index (κ2) is 4.10. The fraction of sp³-hybridized carbons (Fsp3) is 0.364. The molecular formula is C11H15O2P. The highest BCUT2D eigenvalue weighted by Gasteiger charge is 2.27. The highest BCUT2D eigenvalue weighted by Crippen LogP contribution is 2.32. The quantitative estimate of drug-likeness (QED) is 0.702. The molecule has 3 heteroatoms. The summed E-state index contributed by atoms with van der Waals surface area (Å²) in [6.07, 6.45) is 0. The zero-order chi connectivity index (χ0) is 10.8. The Morgan fingerprint density at radius 2 is 1.64 bits per heavy atom. The average molecular weight is 210 g/mol. The summed E-state index contributed by atoms with van der Waals surface area (Å²) in [6, 6.07) is 8.93. The Bertz CT molecular complexity index is 349. The van der Waals surface area contributed by atoms with Gasteiger partial charge in [0.15, 0.2) is 13.3 Å². The standard InChI is InChI=1S/C11H15O2P/c1-11(2,3)10(12)14(13)9-7-5-4-6-8-9/h4-8,14H,1-3H3. The third-order valence-corrected chi connectivity index (χ3v) is 3.94. The molecule has 76 valence electrons. The molecule has 0 N–H and O–H groups in total. The van der Waals surface area contributed by atoms with Crippen LogP contribution in [0.1, 0.15) is 20.8 Å². The molecule has 0 radical (unpaired) electrons. The van der Waals surface area contributed by atoms with Gasteiger partial charge >= 0.3 is 0 Å². The van der Waals surface area contributed by atoms with E-state index in [-0.39, 0.29) is 5.52 Å². The summed E-state index contributed by atoms with van der Waals surface area (Å²) in [5, 5.41) is 0.650. The molecule has 2 nitrogen and oxygen atoms in total. The molecule has 0 fully saturated rings. The van der Waals surface area contributed by atoms with Crippen molar-refractivity contribution in [3.05, 3.63) is 30.3 Å². The normalized spacial score (nSPS) is 13.6. The Balaban J connectivity index is 2.93. The van der Waals surface area contributed by atoms with Gasteiger partial charge < -0.3 is 4.57 Å². The van der Waals surface area contributed by atoms with Crippen LogP contribution >= 0.6 is 7.80 Å². The molecule has 0 aliphatic rings. The molecule has 0 aliphatic heterocycles. The van der Waals surface area contributed by atoms with E-state index in [1.165, 1.54) is 0 Å². The molecule has 0 saturated heterocycles. The van der Waals surface area contributed by atoms with Gasteiger partial charge in [-0.25, -0.2) is 0 Å². The number of rotatable bonds is 2. The maximum Gasteiger partial charge on any atom is 0.198 e. The Hall–Kier alpha value is -0.880. The van der Waals surface area contributed by atoms with Gasteiger partial charge in [0, 0.05) is 10.7 Å². The summed E-state index contributed by atoms with van der Waals surface area (Å²) in [6.45, 7) is 5.38. The van der Waals surface area contributed by atoms with Gasteiger partial charge in [-0.1, -0.05) is 51.1 Å². The van der Waals surface area contributed by atoms with Crippen LogP contribution in [0, 0.1) is 5.41 Å². The minimum atomic E-state index is -2.29. The minimum Gasteiger partial charge on any atom is -0.314 e. The van der Waals surface area contributed by atoms with Gasteiger partial charge in [-0.05, 0) is 0 Å². The summed E-state index contributed by atoms with van der Waals surface area (Å²) in [5.74, 6) is 0. The van der Waals surface area contributed by atoms with Gasteiger partial charge in [-0.2, -0.15) is 0 Å². The molecule has 1 atom stereocenters. The maximum atomic E-state index is 11.8. The number of benzene rings is 1. The van der Waals surface area contributed by atoms with E-state index in [0.717, 1.165) is 0 Å². The predicted molar refractivity (Wildman–Crippen MR) is 59.5 cm³/mol. The number of hydrogen-bond donors (Lipinski definition) is 0. The number of carbonyl (C=O) groups excluding carboxylic acids is 1. The van der Waals surface area contributed by atoms with Gasteiger partial charge in [0.05, 0.1) is 0 Å². The fourth-order valence-corrected chi connectivity index (χ4v) is 2.50. The topological polar surface area (TPSA) is 34.1 Å². The van der Waals surface area contributed by atoms with Crippen molar-refractivity contribution < 1.29 is 9.36 Å². The Labute approximate surface area is 85.1 Å². The van der Waals surface area contributed by atoms with Crippen LogP contribution in [0.15, 0.2) is 30.3 Å². The van der Waals surface area contributed by atoms with E-state index in [1.54, 1.807) is 45.0 Å². The van der Waals surface area contributed by atoms with E-state index in [1.807, 2.05) is 6.07 Å². The second-order valence-corrected chi connectivity index (χ2v) is 5.96. The largest absolute Gasteiger partial charge is 0.314 e. The van der Waals surface area contributed by atoms with Gasteiger partial charge in [-0.15, -0.1) is 0 Å². The monoisotopic (exact) mass is 210 g/mol. The molecule has 14 heavy (non-hydrogen) atoms. The van der Waals surface area contributed by atoms with E-state index >= 15 is 0 Å². The summed E-state index contributed by atoms with van der Waals surface area (Å²) in [5.41, 5.74) is -0.681. The van der Waals surface area contributed by atoms with Crippen molar-refractivity contribution in [3.8, 4) is 0 Å². The third kappa shape index (κ3) is 2.55. The van der Waals surface area contributed by atoms with Gasteiger partial charge in [-0.3, -0.25) is 4.79 Å². The first-order valence-electron chi connectivity index (χ1n) is 4.57. The van der Waals surface area contributed by atoms with Gasteiger partial charge in [0.25, 0.3) is 0 Å². The molecule has 0 aliphatic carbocycles. The fourth-order valence-electron chi connectivity index (χ4n) is 1.06. The van der Waals surface area contributed by atoms with Crippen LogP contribution < -0.4 is 5.30 Å². The molecule has 0 spiro atoms. The van der Waals surface area contributed by atoms with Crippen LogP contribution in [0.3, 0.4) is 0 Å². The first kappa shape index (κ1) is 11.2. The molecule has 1 rings (SSSR count). The highest BCUT2D eigenvalue weighted by molar-refractivity contribution is 7.70. The molecular weight excluding hydrogens is 195 g/mol. The lowest BCUT2D eigenvalue weighted by atomic mass is 9.99.